The van der Waals surface area contributed by atoms with Crippen molar-refractivity contribution in [3.05, 3.63) is 51.8 Å². The Hall–Kier alpha value is -2.70. The zero-order valence-corrected chi connectivity index (χ0v) is 10.1. The number of rotatable bonds is 3. The fourth-order valence-electron chi connectivity index (χ4n) is 1.51. The summed E-state index contributed by atoms with van der Waals surface area (Å²) in [5.74, 6) is -0.287. The highest BCUT2D eigenvalue weighted by Gasteiger charge is 2.15. The van der Waals surface area contributed by atoms with Gasteiger partial charge in [-0.15, -0.1) is 0 Å². The first-order valence-corrected chi connectivity index (χ1v) is 5.41. The van der Waals surface area contributed by atoms with Gasteiger partial charge >= 0.3 is 5.69 Å². The molecule has 0 bridgehead atoms. The molecule has 1 aromatic heterocycles. The predicted molar refractivity (Wildman–Crippen MR) is 69.7 cm³/mol. The first-order valence-electron chi connectivity index (χ1n) is 5.41. The quantitative estimate of drug-likeness (QED) is 0.655. The molecular formula is C12H11FN4O2. The van der Waals surface area contributed by atoms with Gasteiger partial charge in [-0.1, -0.05) is 6.07 Å². The molecule has 0 aliphatic carbocycles. The molecule has 2 rings (SSSR count). The fraction of sp³-hybridized carbons (Fsp3) is 0.0833. The van der Waals surface area contributed by atoms with Crippen molar-refractivity contribution in [1.82, 2.24) is 4.98 Å². The van der Waals surface area contributed by atoms with E-state index in [9.17, 15) is 14.5 Å². The number of nitrogen functional groups attached to an aromatic ring is 1. The van der Waals surface area contributed by atoms with E-state index in [2.05, 4.69) is 10.3 Å². The number of nitrogens with zero attached hydrogens (tertiary/aromatic N) is 2. The second-order valence-electron chi connectivity index (χ2n) is 3.95. The molecule has 7 heteroatoms. The van der Waals surface area contributed by atoms with Crippen LogP contribution in [0.25, 0.3) is 0 Å². The number of hydrogen-bond acceptors (Lipinski definition) is 5. The fourth-order valence-corrected chi connectivity index (χ4v) is 1.51. The summed E-state index contributed by atoms with van der Waals surface area (Å²) in [4.78, 5) is 14.1. The third kappa shape index (κ3) is 2.76. The maximum atomic E-state index is 13.4. The average molecular weight is 262 g/mol. The molecule has 19 heavy (non-hydrogen) atoms. The molecule has 3 N–H and O–H groups in total. The van der Waals surface area contributed by atoms with Gasteiger partial charge < -0.3 is 11.1 Å². The average Bonchev–Trinajstić information content (AvgIpc) is 2.33. The topological polar surface area (TPSA) is 94.1 Å². The van der Waals surface area contributed by atoms with Crippen molar-refractivity contribution in [1.29, 1.82) is 0 Å². The van der Waals surface area contributed by atoms with Crippen LogP contribution in [0.4, 0.5) is 27.4 Å². The molecule has 1 heterocycles. The van der Waals surface area contributed by atoms with E-state index in [4.69, 9.17) is 5.73 Å². The van der Waals surface area contributed by atoms with Crippen LogP contribution in [0.3, 0.4) is 0 Å². The minimum atomic E-state index is -0.584. The Morgan fingerprint density at radius 3 is 2.74 bits per heavy atom. The van der Waals surface area contributed by atoms with E-state index in [0.717, 1.165) is 0 Å². The molecule has 6 nitrogen and oxygen atoms in total. The maximum absolute atomic E-state index is 13.4. The largest absolute Gasteiger partial charge is 0.384 e. The molecule has 0 aliphatic rings. The van der Waals surface area contributed by atoms with Crippen LogP contribution < -0.4 is 11.1 Å². The SMILES string of the molecule is Cc1ccc(Nc2nc(N)ccc2[N+](=O)[O-])cc1F. The van der Waals surface area contributed by atoms with Crippen LogP contribution >= 0.6 is 0 Å². The van der Waals surface area contributed by atoms with Crippen LogP contribution in [0.1, 0.15) is 5.56 Å². The minimum absolute atomic E-state index is 0.0201. The van der Waals surface area contributed by atoms with Crippen LogP contribution in [0.2, 0.25) is 0 Å². The number of benzene rings is 1. The molecule has 2 aromatic rings. The van der Waals surface area contributed by atoms with Gasteiger partial charge in [0.1, 0.15) is 11.6 Å². The lowest BCUT2D eigenvalue weighted by Gasteiger charge is -2.07. The van der Waals surface area contributed by atoms with Crippen molar-refractivity contribution in [2.75, 3.05) is 11.1 Å². The molecule has 1 aromatic carbocycles. The maximum Gasteiger partial charge on any atom is 0.311 e. The Morgan fingerprint density at radius 1 is 1.37 bits per heavy atom. The second-order valence-corrected chi connectivity index (χ2v) is 3.95. The van der Waals surface area contributed by atoms with Crippen molar-refractivity contribution in [2.45, 2.75) is 6.92 Å². The van der Waals surface area contributed by atoms with Crippen LogP contribution in [0, 0.1) is 22.9 Å². The highest BCUT2D eigenvalue weighted by Crippen LogP contribution is 2.27. The summed E-state index contributed by atoms with van der Waals surface area (Å²) in [5, 5.41) is 13.5. The molecule has 0 amide bonds. The summed E-state index contributed by atoms with van der Waals surface area (Å²) in [6, 6.07) is 6.99. The van der Waals surface area contributed by atoms with Crippen molar-refractivity contribution in [2.24, 2.45) is 0 Å². The standard InChI is InChI=1S/C12H11FN4O2/c1-7-2-3-8(6-9(7)13)15-12-10(17(18)19)4-5-11(14)16-12/h2-6H,1H3,(H3,14,15,16). The number of pyridine rings is 1. The van der Waals surface area contributed by atoms with Gasteiger partial charge in [-0.05, 0) is 30.7 Å². The summed E-state index contributed by atoms with van der Waals surface area (Å²) in [7, 11) is 0. The van der Waals surface area contributed by atoms with Gasteiger partial charge in [-0.3, -0.25) is 10.1 Å². The lowest BCUT2D eigenvalue weighted by atomic mass is 10.2. The molecule has 0 aliphatic heterocycles. The molecule has 0 saturated heterocycles. The third-order valence-corrected chi connectivity index (χ3v) is 2.53. The molecule has 0 unspecified atom stereocenters. The van der Waals surface area contributed by atoms with E-state index < -0.39 is 10.7 Å². The second kappa shape index (κ2) is 4.89. The number of aromatic nitrogens is 1. The molecule has 98 valence electrons. The van der Waals surface area contributed by atoms with Crippen LogP contribution in [-0.4, -0.2) is 9.91 Å². The smallest absolute Gasteiger partial charge is 0.311 e. The Balaban J connectivity index is 2.39. The number of halogens is 1. The van der Waals surface area contributed by atoms with Crippen molar-refractivity contribution in [3.8, 4) is 0 Å². The number of nitrogens with one attached hydrogen (secondary N) is 1. The van der Waals surface area contributed by atoms with E-state index in [0.29, 0.717) is 11.3 Å². The van der Waals surface area contributed by atoms with Crippen molar-refractivity contribution >= 4 is 23.0 Å². The van der Waals surface area contributed by atoms with Gasteiger partial charge in [0, 0.05) is 11.8 Å². The van der Waals surface area contributed by atoms with Gasteiger partial charge in [0.2, 0.25) is 5.82 Å². The van der Waals surface area contributed by atoms with E-state index in [-0.39, 0.29) is 17.3 Å². The highest BCUT2D eigenvalue weighted by molar-refractivity contribution is 5.67. The predicted octanol–water partition coefficient (Wildman–Crippen LogP) is 2.76. The van der Waals surface area contributed by atoms with E-state index in [1.54, 1.807) is 19.1 Å². The van der Waals surface area contributed by atoms with Crippen LogP contribution in [0.15, 0.2) is 30.3 Å². The molecule has 0 spiro atoms. The van der Waals surface area contributed by atoms with Crippen LogP contribution in [-0.2, 0) is 0 Å². The van der Waals surface area contributed by atoms with Crippen LogP contribution in [0.5, 0.6) is 0 Å². The first-order chi connectivity index (χ1) is 8.97. The number of nitro groups is 1. The van der Waals surface area contributed by atoms with E-state index in [1.807, 2.05) is 0 Å². The number of aryl methyl sites for hydroxylation is 1. The summed E-state index contributed by atoms with van der Waals surface area (Å²) in [6.45, 7) is 1.63. The zero-order valence-electron chi connectivity index (χ0n) is 10.1. The monoisotopic (exact) mass is 262 g/mol. The molecular weight excluding hydrogens is 251 g/mol. The number of hydrogen-bond donors (Lipinski definition) is 2. The summed E-state index contributed by atoms with van der Waals surface area (Å²) in [6.07, 6.45) is 0. The lowest BCUT2D eigenvalue weighted by Crippen LogP contribution is -2.02. The Kier molecular flexibility index (Phi) is 3.28. The first kappa shape index (κ1) is 12.7. The Labute approximate surface area is 108 Å². The van der Waals surface area contributed by atoms with Gasteiger partial charge in [-0.25, -0.2) is 9.37 Å². The number of nitrogens with two attached hydrogens (primary N) is 1. The van der Waals surface area contributed by atoms with Gasteiger partial charge in [0.25, 0.3) is 0 Å². The van der Waals surface area contributed by atoms with Gasteiger partial charge in [0.15, 0.2) is 0 Å². The van der Waals surface area contributed by atoms with Gasteiger partial charge in [0.05, 0.1) is 4.92 Å². The highest BCUT2D eigenvalue weighted by atomic mass is 19.1. The minimum Gasteiger partial charge on any atom is -0.384 e. The summed E-state index contributed by atoms with van der Waals surface area (Å²) >= 11 is 0. The van der Waals surface area contributed by atoms with Crippen molar-refractivity contribution in [3.63, 3.8) is 0 Å². The summed E-state index contributed by atoms with van der Waals surface area (Å²) in [5.41, 5.74) is 6.11. The van der Waals surface area contributed by atoms with E-state index in [1.165, 1.54) is 18.2 Å². The Bertz CT molecular complexity index is 646. The van der Waals surface area contributed by atoms with E-state index >= 15 is 0 Å². The van der Waals surface area contributed by atoms with Gasteiger partial charge in [-0.2, -0.15) is 0 Å². The number of anilines is 3. The Morgan fingerprint density at radius 2 is 2.11 bits per heavy atom. The molecule has 0 atom stereocenters. The normalized spacial score (nSPS) is 10.2. The molecule has 0 saturated carbocycles. The zero-order chi connectivity index (χ0) is 14.0. The van der Waals surface area contributed by atoms with Crippen molar-refractivity contribution < 1.29 is 9.31 Å². The lowest BCUT2D eigenvalue weighted by molar-refractivity contribution is -0.384. The molecule has 0 radical (unpaired) electrons. The molecule has 0 fully saturated rings. The third-order valence-electron chi connectivity index (χ3n) is 2.53. The summed E-state index contributed by atoms with van der Waals surface area (Å²) < 4.78 is 13.4.